The summed E-state index contributed by atoms with van der Waals surface area (Å²) in [7, 11) is 0. The molecular formula is C15H17ClS. The third kappa shape index (κ3) is 2.56. The Bertz CT molecular complexity index is 540. The Kier molecular flexibility index (Phi) is 3.60. The molecule has 0 amide bonds. The van der Waals surface area contributed by atoms with Crippen LogP contribution in [-0.2, 0) is 0 Å². The van der Waals surface area contributed by atoms with Gasteiger partial charge in [-0.25, -0.2) is 0 Å². The van der Waals surface area contributed by atoms with Crippen molar-refractivity contribution in [2.75, 3.05) is 0 Å². The molecule has 2 heteroatoms. The number of halogens is 1. The molecule has 1 heterocycles. The van der Waals surface area contributed by atoms with Crippen molar-refractivity contribution in [3.63, 3.8) is 0 Å². The summed E-state index contributed by atoms with van der Waals surface area (Å²) >= 11 is 8.42. The second kappa shape index (κ2) is 4.83. The first-order valence-electron chi connectivity index (χ1n) is 5.77. The summed E-state index contributed by atoms with van der Waals surface area (Å²) < 4.78 is 0. The Balaban J connectivity index is 2.43. The van der Waals surface area contributed by atoms with Crippen LogP contribution in [0.1, 0.15) is 37.4 Å². The molecular weight excluding hydrogens is 248 g/mol. The van der Waals surface area contributed by atoms with E-state index in [0.29, 0.717) is 0 Å². The van der Waals surface area contributed by atoms with Gasteiger partial charge >= 0.3 is 0 Å². The summed E-state index contributed by atoms with van der Waals surface area (Å²) in [5.74, 6) is 0. The molecule has 1 aromatic heterocycles. The number of thiophene rings is 1. The summed E-state index contributed by atoms with van der Waals surface area (Å²) in [6, 6.07) is 8.68. The highest BCUT2D eigenvalue weighted by molar-refractivity contribution is 7.12. The minimum Gasteiger partial charge on any atom is -0.143 e. The summed E-state index contributed by atoms with van der Waals surface area (Å²) in [6.07, 6.45) is 0. The van der Waals surface area contributed by atoms with Crippen LogP contribution in [0.25, 0.3) is 0 Å². The van der Waals surface area contributed by atoms with E-state index in [0.717, 1.165) is 0 Å². The topological polar surface area (TPSA) is 0 Å². The van der Waals surface area contributed by atoms with Crippen LogP contribution < -0.4 is 0 Å². The van der Waals surface area contributed by atoms with Gasteiger partial charge in [0.05, 0.1) is 5.38 Å². The van der Waals surface area contributed by atoms with E-state index in [2.05, 4.69) is 52.0 Å². The molecule has 0 aliphatic carbocycles. The molecule has 0 nitrogen and oxygen atoms in total. The molecule has 0 radical (unpaired) electrons. The molecule has 0 fully saturated rings. The van der Waals surface area contributed by atoms with Crippen LogP contribution in [0.2, 0.25) is 0 Å². The van der Waals surface area contributed by atoms with E-state index < -0.39 is 0 Å². The quantitative estimate of drug-likeness (QED) is 0.645. The van der Waals surface area contributed by atoms with Crippen LogP contribution in [0, 0.1) is 27.7 Å². The van der Waals surface area contributed by atoms with Crippen molar-refractivity contribution in [3.8, 4) is 0 Å². The fourth-order valence-electron chi connectivity index (χ4n) is 2.16. The van der Waals surface area contributed by atoms with Crippen LogP contribution in [0.15, 0.2) is 24.3 Å². The smallest absolute Gasteiger partial charge is 0.0933 e. The van der Waals surface area contributed by atoms with E-state index in [1.54, 1.807) is 11.3 Å². The van der Waals surface area contributed by atoms with Gasteiger partial charge in [0.15, 0.2) is 0 Å². The van der Waals surface area contributed by atoms with E-state index in [-0.39, 0.29) is 5.38 Å². The van der Waals surface area contributed by atoms with Gasteiger partial charge in [0.2, 0.25) is 0 Å². The van der Waals surface area contributed by atoms with E-state index in [1.807, 2.05) is 0 Å². The molecule has 0 saturated carbocycles. The average molecular weight is 265 g/mol. The molecule has 1 aromatic carbocycles. The number of hydrogen-bond donors (Lipinski definition) is 0. The lowest BCUT2D eigenvalue weighted by molar-refractivity contribution is 1.12. The largest absolute Gasteiger partial charge is 0.143 e. The van der Waals surface area contributed by atoms with Gasteiger partial charge in [-0.1, -0.05) is 23.8 Å². The average Bonchev–Trinajstić information content (AvgIpc) is 2.57. The third-order valence-corrected chi connectivity index (χ3v) is 4.81. The van der Waals surface area contributed by atoms with Crippen molar-refractivity contribution in [3.05, 3.63) is 56.3 Å². The predicted octanol–water partition coefficient (Wildman–Crippen LogP) is 5.31. The van der Waals surface area contributed by atoms with Gasteiger partial charge < -0.3 is 0 Å². The Morgan fingerprint density at radius 1 is 1.00 bits per heavy atom. The Hall–Kier alpha value is -0.790. The SMILES string of the molecule is Cc1ccc(C(Cl)c2sc(C)cc2C)c(C)c1. The third-order valence-electron chi connectivity index (χ3n) is 3.01. The van der Waals surface area contributed by atoms with Crippen LogP contribution in [0.4, 0.5) is 0 Å². The van der Waals surface area contributed by atoms with Crippen molar-refractivity contribution in [1.82, 2.24) is 0 Å². The number of alkyl halides is 1. The van der Waals surface area contributed by atoms with Gasteiger partial charge in [-0.05, 0) is 50.5 Å². The fourth-order valence-corrected chi connectivity index (χ4v) is 3.75. The van der Waals surface area contributed by atoms with Crippen molar-refractivity contribution in [1.29, 1.82) is 0 Å². The number of benzene rings is 1. The monoisotopic (exact) mass is 264 g/mol. The van der Waals surface area contributed by atoms with Gasteiger partial charge in [0, 0.05) is 9.75 Å². The molecule has 0 N–H and O–H groups in total. The van der Waals surface area contributed by atoms with Gasteiger partial charge in [-0.2, -0.15) is 0 Å². The predicted molar refractivity (Wildman–Crippen MR) is 77.4 cm³/mol. The van der Waals surface area contributed by atoms with Crippen LogP contribution in [0.3, 0.4) is 0 Å². The highest BCUT2D eigenvalue weighted by Crippen LogP contribution is 2.37. The van der Waals surface area contributed by atoms with Crippen molar-refractivity contribution < 1.29 is 0 Å². The lowest BCUT2D eigenvalue weighted by atomic mass is 10.0. The maximum Gasteiger partial charge on any atom is 0.0933 e. The van der Waals surface area contributed by atoms with Gasteiger partial charge in [0.25, 0.3) is 0 Å². The zero-order chi connectivity index (χ0) is 12.6. The lowest BCUT2D eigenvalue weighted by Gasteiger charge is -2.13. The molecule has 1 unspecified atom stereocenters. The summed E-state index contributed by atoms with van der Waals surface area (Å²) in [6.45, 7) is 8.51. The number of aryl methyl sites for hydroxylation is 4. The van der Waals surface area contributed by atoms with Crippen LogP contribution in [-0.4, -0.2) is 0 Å². The Labute approximate surface area is 112 Å². The molecule has 0 aliphatic heterocycles. The summed E-state index contributed by atoms with van der Waals surface area (Å²) in [5.41, 5.74) is 5.08. The summed E-state index contributed by atoms with van der Waals surface area (Å²) in [5, 5.41) is -0.0192. The molecule has 1 atom stereocenters. The normalized spacial score (nSPS) is 12.8. The number of hydrogen-bond acceptors (Lipinski definition) is 1. The molecule has 2 rings (SSSR count). The van der Waals surface area contributed by atoms with E-state index in [1.165, 1.54) is 32.0 Å². The first kappa shape index (κ1) is 12.7. The van der Waals surface area contributed by atoms with Crippen molar-refractivity contribution in [2.24, 2.45) is 0 Å². The minimum absolute atomic E-state index is 0.0192. The minimum atomic E-state index is -0.0192. The van der Waals surface area contributed by atoms with Crippen LogP contribution in [0.5, 0.6) is 0 Å². The maximum atomic E-state index is 6.62. The first-order chi connectivity index (χ1) is 7.99. The second-order valence-electron chi connectivity index (χ2n) is 4.63. The summed E-state index contributed by atoms with van der Waals surface area (Å²) in [4.78, 5) is 2.60. The second-order valence-corrected chi connectivity index (χ2v) is 6.35. The van der Waals surface area contributed by atoms with Gasteiger partial charge in [0.1, 0.15) is 0 Å². The zero-order valence-electron chi connectivity index (χ0n) is 10.7. The molecule has 90 valence electrons. The lowest BCUT2D eigenvalue weighted by Crippen LogP contribution is -1.96. The van der Waals surface area contributed by atoms with Gasteiger partial charge in [-0.15, -0.1) is 22.9 Å². The molecule has 0 spiro atoms. The fraction of sp³-hybridized carbons (Fsp3) is 0.333. The molecule has 0 bridgehead atoms. The first-order valence-corrected chi connectivity index (χ1v) is 7.02. The molecule has 2 aromatic rings. The highest BCUT2D eigenvalue weighted by Gasteiger charge is 2.17. The Morgan fingerprint density at radius 3 is 2.24 bits per heavy atom. The zero-order valence-corrected chi connectivity index (χ0v) is 12.2. The standard InChI is InChI=1S/C15H17ClS/c1-9-5-6-13(10(2)7-9)14(16)15-11(3)8-12(4)17-15/h5-8,14H,1-4H3. The van der Waals surface area contributed by atoms with Crippen molar-refractivity contribution in [2.45, 2.75) is 33.1 Å². The Morgan fingerprint density at radius 2 is 1.71 bits per heavy atom. The molecule has 0 aliphatic rings. The highest BCUT2D eigenvalue weighted by atomic mass is 35.5. The van der Waals surface area contributed by atoms with E-state index in [4.69, 9.17) is 11.6 Å². The molecule has 17 heavy (non-hydrogen) atoms. The van der Waals surface area contributed by atoms with E-state index >= 15 is 0 Å². The molecule has 0 saturated heterocycles. The maximum absolute atomic E-state index is 6.62. The van der Waals surface area contributed by atoms with Gasteiger partial charge in [-0.3, -0.25) is 0 Å². The van der Waals surface area contributed by atoms with Crippen LogP contribution >= 0.6 is 22.9 Å². The van der Waals surface area contributed by atoms with Crippen molar-refractivity contribution >= 4 is 22.9 Å². The number of rotatable bonds is 2. The van der Waals surface area contributed by atoms with E-state index in [9.17, 15) is 0 Å².